The highest BCUT2D eigenvalue weighted by Gasteiger charge is 2.15. The van der Waals surface area contributed by atoms with E-state index in [1.165, 1.54) is 0 Å². The summed E-state index contributed by atoms with van der Waals surface area (Å²) in [6.07, 6.45) is 0.868. The van der Waals surface area contributed by atoms with Gasteiger partial charge in [0, 0.05) is 11.1 Å². The van der Waals surface area contributed by atoms with Gasteiger partial charge in [0.2, 0.25) is 5.91 Å². The van der Waals surface area contributed by atoms with Crippen LogP contribution in [0.2, 0.25) is 0 Å². The minimum absolute atomic E-state index is 0.291. The number of nitrogens with two attached hydrogens (primary N) is 2. The second-order valence-electron chi connectivity index (χ2n) is 5.01. The van der Waals surface area contributed by atoms with Crippen molar-refractivity contribution in [3.8, 4) is 0 Å². The van der Waals surface area contributed by atoms with Crippen molar-refractivity contribution in [3.05, 3.63) is 34.9 Å². The molecule has 4 heteroatoms. The molecule has 0 spiro atoms. The Hall–Kier alpha value is -1.39. The van der Waals surface area contributed by atoms with Crippen molar-refractivity contribution < 1.29 is 9.53 Å². The fourth-order valence-corrected chi connectivity index (χ4v) is 1.51. The molecule has 0 aliphatic heterocycles. The molecule has 1 aromatic carbocycles. The molecule has 1 atom stereocenters. The van der Waals surface area contributed by atoms with Crippen molar-refractivity contribution in [1.29, 1.82) is 0 Å². The van der Waals surface area contributed by atoms with Gasteiger partial charge in [0.1, 0.15) is 0 Å². The van der Waals surface area contributed by atoms with Gasteiger partial charge in [-0.05, 0) is 43.5 Å². The summed E-state index contributed by atoms with van der Waals surface area (Å²) in [4.78, 5) is 11.0. The average Bonchev–Trinajstić information content (AvgIpc) is 2.31. The molecule has 0 fully saturated rings. The molecule has 18 heavy (non-hydrogen) atoms. The first-order valence-electron chi connectivity index (χ1n) is 6.11. The van der Waals surface area contributed by atoms with Gasteiger partial charge < -0.3 is 16.2 Å². The lowest BCUT2D eigenvalue weighted by Crippen LogP contribution is -2.40. The van der Waals surface area contributed by atoms with E-state index in [1.54, 1.807) is 12.1 Å². The van der Waals surface area contributed by atoms with Crippen LogP contribution >= 0.6 is 0 Å². The van der Waals surface area contributed by atoms with Crippen LogP contribution in [0.3, 0.4) is 0 Å². The van der Waals surface area contributed by atoms with Crippen LogP contribution in [0.25, 0.3) is 0 Å². The Morgan fingerprint density at radius 1 is 1.44 bits per heavy atom. The fourth-order valence-electron chi connectivity index (χ4n) is 1.51. The Morgan fingerprint density at radius 2 is 2.11 bits per heavy atom. The van der Waals surface area contributed by atoms with E-state index in [4.69, 9.17) is 16.2 Å². The number of amides is 1. The molecule has 0 aromatic heterocycles. The van der Waals surface area contributed by atoms with Crippen molar-refractivity contribution in [2.75, 3.05) is 6.61 Å². The molecule has 4 N–H and O–H groups in total. The molecule has 0 saturated heterocycles. The highest BCUT2D eigenvalue weighted by atomic mass is 16.5. The minimum Gasteiger partial charge on any atom is -0.375 e. The van der Waals surface area contributed by atoms with Crippen molar-refractivity contribution in [2.45, 2.75) is 39.3 Å². The number of primary amides is 1. The Bertz CT molecular complexity index is 428. The number of carbonyl (C=O) groups excluding carboxylic acids is 1. The lowest BCUT2D eigenvalue weighted by Gasteiger charge is -2.22. The largest absolute Gasteiger partial charge is 0.375 e. The molecule has 0 heterocycles. The molecule has 0 bridgehead atoms. The topological polar surface area (TPSA) is 78.3 Å². The zero-order valence-electron chi connectivity index (χ0n) is 11.3. The predicted octanol–water partition coefficient (Wildman–Crippen LogP) is 1.74. The first-order chi connectivity index (χ1) is 8.35. The zero-order chi connectivity index (χ0) is 13.8. The van der Waals surface area contributed by atoms with Crippen LogP contribution < -0.4 is 11.5 Å². The molecular weight excluding hydrogens is 228 g/mol. The van der Waals surface area contributed by atoms with E-state index in [9.17, 15) is 4.79 Å². The molecule has 1 unspecified atom stereocenters. The number of benzene rings is 1. The minimum atomic E-state index is -0.411. The number of ether oxygens (including phenoxy) is 1. The van der Waals surface area contributed by atoms with Gasteiger partial charge in [0.05, 0.1) is 13.2 Å². The summed E-state index contributed by atoms with van der Waals surface area (Å²) in [5.74, 6) is -0.411. The van der Waals surface area contributed by atoms with E-state index in [2.05, 4.69) is 0 Å². The average molecular weight is 250 g/mol. The summed E-state index contributed by atoms with van der Waals surface area (Å²) in [5, 5.41) is 0. The Labute approximate surface area is 108 Å². The normalized spacial score (nSPS) is 14.2. The number of aryl methyl sites for hydroxylation is 1. The molecule has 100 valence electrons. The van der Waals surface area contributed by atoms with Crippen LogP contribution in [-0.4, -0.2) is 18.1 Å². The van der Waals surface area contributed by atoms with Gasteiger partial charge in [-0.15, -0.1) is 0 Å². The van der Waals surface area contributed by atoms with E-state index in [1.807, 2.05) is 26.8 Å². The Kier molecular flexibility index (Phi) is 4.87. The van der Waals surface area contributed by atoms with Gasteiger partial charge in [-0.1, -0.05) is 13.0 Å². The van der Waals surface area contributed by atoms with Crippen molar-refractivity contribution >= 4 is 5.91 Å². The number of hydrogen-bond donors (Lipinski definition) is 2. The Balaban J connectivity index is 2.61. The first kappa shape index (κ1) is 14.7. The first-order valence-corrected chi connectivity index (χ1v) is 6.11. The lowest BCUT2D eigenvalue weighted by molar-refractivity contribution is 0.0774. The summed E-state index contributed by atoms with van der Waals surface area (Å²) in [5.41, 5.74) is 13.5. The van der Waals surface area contributed by atoms with Crippen molar-refractivity contribution in [1.82, 2.24) is 0 Å². The van der Waals surface area contributed by atoms with Crippen LogP contribution in [-0.2, 0) is 11.3 Å². The summed E-state index contributed by atoms with van der Waals surface area (Å²) in [6, 6.07) is 5.37. The Morgan fingerprint density at radius 3 is 2.61 bits per heavy atom. The van der Waals surface area contributed by atoms with Gasteiger partial charge >= 0.3 is 0 Å². The van der Waals surface area contributed by atoms with E-state index in [0.29, 0.717) is 18.8 Å². The monoisotopic (exact) mass is 250 g/mol. The number of carbonyl (C=O) groups is 1. The predicted molar refractivity (Wildman–Crippen MR) is 72.2 cm³/mol. The third-order valence-corrected chi connectivity index (χ3v) is 3.12. The smallest absolute Gasteiger partial charge is 0.248 e. The maximum atomic E-state index is 11.0. The third-order valence-electron chi connectivity index (χ3n) is 3.12. The molecular formula is C14H22N2O2. The lowest BCUT2D eigenvalue weighted by atomic mass is 10.0. The van der Waals surface area contributed by atoms with Crippen molar-refractivity contribution in [2.24, 2.45) is 11.5 Å². The second-order valence-corrected chi connectivity index (χ2v) is 5.01. The van der Waals surface area contributed by atoms with Crippen LogP contribution in [0.5, 0.6) is 0 Å². The maximum Gasteiger partial charge on any atom is 0.248 e. The summed E-state index contributed by atoms with van der Waals surface area (Å²) in [6.45, 7) is 6.96. The van der Waals surface area contributed by atoms with Gasteiger partial charge in [-0.2, -0.15) is 0 Å². The molecule has 1 aromatic rings. The molecule has 1 amide bonds. The summed E-state index contributed by atoms with van der Waals surface area (Å²) < 4.78 is 5.62. The zero-order valence-corrected chi connectivity index (χ0v) is 11.3. The van der Waals surface area contributed by atoms with Gasteiger partial charge in [-0.3, -0.25) is 4.79 Å². The molecule has 1 rings (SSSR count). The van der Waals surface area contributed by atoms with Gasteiger partial charge in [0.25, 0.3) is 0 Å². The quantitative estimate of drug-likeness (QED) is 0.807. The highest BCUT2D eigenvalue weighted by Crippen LogP contribution is 2.13. The highest BCUT2D eigenvalue weighted by molar-refractivity contribution is 5.93. The van der Waals surface area contributed by atoms with E-state index < -0.39 is 5.91 Å². The SMILES string of the molecule is CCC(C)(N)COCc1ccc(C(N)=O)cc1C. The number of hydrogen-bond acceptors (Lipinski definition) is 3. The third kappa shape index (κ3) is 4.13. The summed E-state index contributed by atoms with van der Waals surface area (Å²) >= 11 is 0. The maximum absolute atomic E-state index is 11.0. The van der Waals surface area contributed by atoms with Crippen molar-refractivity contribution in [3.63, 3.8) is 0 Å². The molecule has 0 radical (unpaired) electrons. The van der Waals surface area contributed by atoms with E-state index >= 15 is 0 Å². The summed E-state index contributed by atoms with van der Waals surface area (Å²) in [7, 11) is 0. The van der Waals surface area contributed by atoms with Crippen LogP contribution in [0, 0.1) is 6.92 Å². The van der Waals surface area contributed by atoms with Crippen LogP contribution in [0.4, 0.5) is 0 Å². The standard InChI is InChI=1S/C14H22N2O2/c1-4-14(3,16)9-18-8-12-6-5-11(13(15)17)7-10(12)2/h5-7H,4,8-9,16H2,1-3H3,(H2,15,17). The molecule has 0 saturated carbocycles. The van der Waals surface area contributed by atoms with E-state index in [-0.39, 0.29) is 5.54 Å². The van der Waals surface area contributed by atoms with Gasteiger partial charge in [0.15, 0.2) is 0 Å². The molecule has 0 aliphatic rings. The van der Waals surface area contributed by atoms with E-state index in [0.717, 1.165) is 17.5 Å². The second kappa shape index (κ2) is 5.98. The van der Waals surface area contributed by atoms with Crippen LogP contribution in [0.15, 0.2) is 18.2 Å². The fraction of sp³-hybridized carbons (Fsp3) is 0.500. The molecule has 0 aliphatic carbocycles. The molecule has 4 nitrogen and oxygen atoms in total. The van der Waals surface area contributed by atoms with Crippen LogP contribution in [0.1, 0.15) is 41.8 Å². The van der Waals surface area contributed by atoms with Gasteiger partial charge in [-0.25, -0.2) is 0 Å². The number of rotatable bonds is 6.